The number of halogens is 1. The Labute approximate surface area is 234 Å². The second kappa shape index (κ2) is 11.7. The van der Waals surface area contributed by atoms with Crippen LogP contribution in [0.1, 0.15) is 30.3 Å². The number of hydrogen-bond acceptors (Lipinski definition) is 6. The standard InChI is InChI=1S/C31H28BrN3O4/c1-4-8-29-34-26-14-13-23(32)17-25(26)31(36)35(29)33-18-20-15-27(37-2)30(28(16-20)38-3)39-19-22-11-7-10-21-9-5-6-12-24(21)22/h5-7,9-18H,4,8,19H2,1-3H3. The van der Waals surface area contributed by atoms with E-state index >= 15 is 0 Å². The molecule has 0 radical (unpaired) electrons. The van der Waals surface area contributed by atoms with Crippen molar-refractivity contribution >= 4 is 43.8 Å². The predicted molar refractivity (Wildman–Crippen MR) is 159 cm³/mol. The average Bonchev–Trinajstić information content (AvgIpc) is 2.96. The molecule has 1 aromatic heterocycles. The molecule has 0 amide bonds. The van der Waals surface area contributed by atoms with Gasteiger partial charge in [0, 0.05) is 16.5 Å². The van der Waals surface area contributed by atoms with E-state index in [-0.39, 0.29) is 5.56 Å². The molecule has 5 rings (SSSR count). The number of methoxy groups -OCH3 is 2. The van der Waals surface area contributed by atoms with Gasteiger partial charge < -0.3 is 14.2 Å². The van der Waals surface area contributed by atoms with Crippen molar-refractivity contribution in [2.75, 3.05) is 14.2 Å². The van der Waals surface area contributed by atoms with Crippen molar-refractivity contribution in [1.29, 1.82) is 0 Å². The Hall–Kier alpha value is -4.17. The fourth-order valence-corrected chi connectivity index (χ4v) is 4.87. The van der Waals surface area contributed by atoms with E-state index in [4.69, 9.17) is 19.2 Å². The summed E-state index contributed by atoms with van der Waals surface area (Å²) in [7, 11) is 3.16. The zero-order valence-electron chi connectivity index (χ0n) is 22.0. The summed E-state index contributed by atoms with van der Waals surface area (Å²) >= 11 is 3.44. The summed E-state index contributed by atoms with van der Waals surface area (Å²) in [5.41, 5.74) is 2.16. The molecule has 0 saturated heterocycles. The van der Waals surface area contributed by atoms with Crippen molar-refractivity contribution in [3.8, 4) is 17.2 Å². The lowest BCUT2D eigenvalue weighted by Gasteiger charge is -2.16. The summed E-state index contributed by atoms with van der Waals surface area (Å²) in [5.74, 6) is 2.09. The second-order valence-electron chi connectivity index (χ2n) is 8.98. The number of benzene rings is 4. The van der Waals surface area contributed by atoms with E-state index in [0.717, 1.165) is 27.2 Å². The van der Waals surface area contributed by atoms with Gasteiger partial charge in [-0.2, -0.15) is 9.78 Å². The van der Waals surface area contributed by atoms with E-state index in [1.807, 2.05) is 43.3 Å². The summed E-state index contributed by atoms with van der Waals surface area (Å²) in [6.07, 6.45) is 3.05. The minimum absolute atomic E-state index is 0.227. The molecule has 0 fully saturated rings. The largest absolute Gasteiger partial charge is 0.493 e. The average molecular weight is 586 g/mol. The molecule has 5 aromatic rings. The first-order valence-corrected chi connectivity index (χ1v) is 13.4. The number of hydrogen-bond donors (Lipinski definition) is 0. The Bertz CT molecular complexity index is 1720. The highest BCUT2D eigenvalue weighted by molar-refractivity contribution is 9.10. The van der Waals surface area contributed by atoms with Gasteiger partial charge in [0.15, 0.2) is 11.5 Å². The Kier molecular flexibility index (Phi) is 7.93. The summed E-state index contributed by atoms with van der Waals surface area (Å²) < 4.78 is 19.7. The summed E-state index contributed by atoms with van der Waals surface area (Å²) in [5, 5.41) is 7.31. The van der Waals surface area contributed by atoms with Crippen LogP contribution < -0.4 is 19.8 Å². The molecule has 0 bridgehead atoms. The van der Waals surface area contributed by atoms with Gasteiger partial charge in [0.1, 0.15) is 12.4 Å². The summed E-state index contributed by atoms with van der Waals surface area (Å²) in [6, 6.07) is 23.4. The first kappa shape index (κ1) is 26.4. The van der Waals surface area contributed by atoms with Crippen LogP contribution >= 0.6 is 15.9 Å². The van der Waals surface area contributed by atoms with E-state index in [1.54, 1.807) is 38.6 Å². The highest BCUT2D eigenvalue weighted by Crippen LogP contribution is 2.39. The number of nitrogens with zero attached hydrogens (tertiary/aromatic N) is 3. The monoisotopic (exact) mass is 585 g/mol. The highest BCUT2D eigenvalue weighted by atomic mass is 79.9. The minimum Gasteiger partial charge on any atom is -0.493 e. The molecular formula is C31H28BrN3O4. The highest BCUT2D eigenvalue weighted by Gasteiger charge is 2.16. The molecule has 1 heterocycles. The zero-order chi connectivity index (χ0) is 27.4. The van der Waals surface area contributed by atoms with Crippen molar-refractivity contribution in [1.82, 2.24) is 9.66 Å². The molecule has 4 aromatic carbocycles. The quantitative estimate of drug-likeness (QED) is 0.179. The Morgan fingerprint density at radius 1 is 0.949 bits per heavy atom. The third-order valence-electron chi connectivity index (χ3n) is 6.41. The molecule has 0 aliphatic rings. The van der Waals surface area contributed by atoms with Gasteiger partial charge in [0.05, 0.1) is 31.3 Å². The van der Waals surface area contributed by atoms with Gasteiger partial charge in [-0.15, -0.1) is 0 Å². The van der Waals surface area contributed by atoms with Crippen molar-refractivity contribution in [2.24, 2.45) is 5.10 Å². The van der Waals surface area contributed by atoms with Crippen LogP contribution in [0.4, 0.5) is 0 Å². The summed E-state index contributed by atoms with van der Waals surface area (Å²) in [6.45, 7) is 2.38. The number of rotatable bonds is 9. The van der Waals surface area contributed by atoms with Crippen molar-refractivity contribution in [3.05, 3.63) is 105 Å². The summed E-state index contributed by atoms with van der Waals surface area (Å²) in [4.78, 5) is 18.0. The first-order chi connectivity index (χ1) is 19.0. The van der Waals surface area contributed by atoms with Crippen LogP contribution in [0, 0.1) is 0 Å². The van der Waals surface area contributed by atoms with Gasteiger partial charge in [-0.25, -0.2) is 4.98 Å². The molecule has 0 aliphatic heterocycles. The normalized spacial score (nSPS) is 11.4. The second-order valence-corrected chi connectivity index (χ2v) is 9.90. The molecule has 0 spiro atoms. The maximum atomic E-state index is 13.3. The zero-order valence-corrected chi connectivity index (χ0v) is 23.6. The van der Waals surface area contributed by atoms with Crippen LogP contribution in [0.25, 0.3) is 21.7 Å². The van der Waals surface area contributed by atoms with Gasteiger partial charge in [0.2, 0.25) is 5.75 Å². The molecule has 198 valence electrons. The van der Waals surface area contributed by atoms with E-state index in [9.17, 15) is 4.79 Å². The Morgan fingerprint density at radius 2 is 1.69 bits per heavy atom. The Balaban J connectivity index is 1.49. The van der Waals surface area contributed by atoms with E-state index in [1.165, 1.54) is 4.68 Å². The molecule has 0 aliphatic carbocycles. The van der Waals surface area contributed by atoms with Gasteiger partial charge in [-0.3, -0.25) is 4.79 Å². The molecule has 39 heavy (non-hydrogen) atoms. The lowest BCUT2D eigenvalue weighted by Crippen LogP contribution is -2.22. The molecule has 0 atom stereocenters. The lowest BCUT2D eigenvalue weighted by molar-refractivity contribution is 0.267. The van der Waals surface area contributed by atoms with Crippen LogP contribution in [0.3, 0.4) is 0 Å². The topological polar surface area (TPSA) is 74.9 Å². The van der Waals surface area contributed by atoms with E-state index in [0.29, 0.717) is 52.6 Å². The van der Waals surface area contributed by atoms with E-state index < -0.39 is 0 Å². The minimum atomic E-state index is -0.227. The van der Waals surface area contributed by atoms with Gasteiger partial charge in [0.25, 0.3) is 5.56 Å². The third-order valence-corrected chi connectivity index (χ3v) is 6.90. The SMILES string of the molecule is CCCc1nc2ccc(Br)cc2c(=O)n1N=Cc1cc(OC)c(OCc2cccc3ccccc23)c(OC)c1. The molecular weight excluding hydrogens is 558 g/mol. The van der Waals surface area contributed by atoms with Gasteiger partial charge in [-0.05, 0) is 53.1 Å². The van der Waals surface area contributed by atoms with Crippen molar-refractivity contribution < 1.29 is 14.2 Å². The van der Waals surface area contributed by atoms with Gasteiger partial charge >= 0.3 is 0 Å². The van der Waals surface area contributed by atoms with Crippen molar-refractivity contribution in [2.45, 2.75) is 26.4 Å². The maximum absolute atomic E-state index is 13.3. The fourth-order valence-electron chi connectivity index (χ4n) is 4.51. The van der Waals surface area contributed by atoms with Gasteiger partial charge in [-0.1, -0.05) is 65.3 Å². The Morgan fingerprint density at radius 3 is 2.44 bits per heavy atom. The molecule has 0 unspecified atom stereocenters. The number of aryl methyl sites for hydroxylation is 1. The smallest absolute Gasteiger partial charge is 0.282 e. The molecule has 8 heteroatoms. The third kappa shape index (κ3) is 5.52. The predicted octanol–water partition coefficient (Wildman–Crippen LogP) is 6.74. The molecule has 7 nitrogen and oxygen atoms in total. The van der Waals surface area contributed by atoms with Crippen LogP contribution in [-0.2, 0) is 13.0 Å². The number of ether oxygens (including phenoxy) is 3. The van der Waals surface area contributed by atoms with Crippen LogP contribution in [-0.4, -0.2) is 30.1 Å². The molecule has 0 saturated carbocycles. The maximum Gasteiger partial charge on any atom is 0.282 e. The number of aromatic nitrogens is 2. The van der Waals surface area contributed by atoms with Crippen LogP contribution in [0.15, 0.2) is 87.2 Å². The van der Waals surface area contributed by atoms with Crippen LogP contribution in [0.5, 0.6) is 17.2 Å². The lowest BCUT2D eigenvalue weighted by atomic mass is 10.1. The van der Waals surface area contributed by atoms with E-state index in [2.05, 4.69) is 39.2 Å². The molecule has 0 N–H and O–H groups in total. The van der Waals surface area contributed by atoms with Crippen molar-refractivity contribution in [3.63, 3.8) is 0 Å². The first-order valence-electron chi connectivity index (χ1n) is 12.6. The fraction of sp³-hybridized carbons (Fsp3) is 0.194. The number of fused-ring (bicyclic) bond motifs is 2. The van der Waals surface area contributed by atoms with Crippen LogP contribution in [0.2, 0.25) is 0 Å².